The Balaban J connectivity index is 2.12. The molecule has 0 saturated carbocycles. The van der Waals surface area contributed by atoms with E-state index in [1.165, 1.54) is 64.2 Å². The molecule has 8 nitrogen and oxygen atoms in total. The molecule has 5 atom stereocenters. The number of aliphatic hydroxyl groups excluding tert-OH is 3. The molecular formula is C28H56NO7+. The zero-order valence-corrected chi connectivity index (χ0v) is 23.5. The largest absolute Gasteiger partial charge is 0.463 e. The highest BCUT2D eigenvalue weighted by Crippen LogP contribution is 2.23. The molecule has 0 aromatic carbocycles. The van der Waals surface area contributed by atoms with Gasteiger partial charge >= 0.3 is 5.97 Å². The fraction of sp³-hybridized carbons (Fsp3) is 0.964. The first-order valence-electron chi connectivity index (χ1n) is 14.4. The first-order chi connectivity index (χ1) is 17.2. The minimum atomic E-state index is -1.42. The zero-order valence-electron chi connectivity index (χ0n) is 23.5. The van der Waals surface area contributed by atoms with Crippen LogP contribution in [-0.4, -0.2) is 97.4 Å². The molecule has 5 unspecified atom stereocenters. The summed E-state index contributed by atoms with van der Waals surface area (Å²) in [5, 5.41) is 30.6. The molecule has 214 valence electrons. The monoisotopic (exact) mass is 518 g/mol. The highest BCUT2D eigenvalue weighted by atomic mass is 16.7. The van der Waals surface area contributed by atoms with Gasteiger partial charge in [0.05, 0.1) is 34.3 Å². The van der Waals surface area contributed by atoms with Gasteiger partial charge in [-0.2, -0.15) is 0 Å². The van der Waals surface area contributed by atoms with Crippen molar-refractivity contribution in [2.75, 3.05) is 40.9 Å². The van der Waals surface area contributed by atoms with Gasteiger partial charge in [0.1, 0.15) is 31.0 Å². The highest BCUT2D eigenvalue weighted by Gasteiger charge is 2.44. The van der Waals surface area contributed by atoms with Gasteiger partial charge in [0, 0.05) is 12.8 Å². The highest BCUT2D eigenvalue weighted by molar-refractivity contribution is 5.69. The second-order valence-electron chi connectivity index (χ2n) is 11.4. The molecule has 1 fully saturated rings. The van der Waals surface area contributed by atoms with Gasteiger partial charge in [-0.05, 0) is 6.42 Å². The summed E-state index contributed by atoms with van der Waals surface area (Å²) in [5.41, 5.74) is 0. The number of unbranched alkanes of at least 4 members (excludes halogenated alkanes) is 12. The van der Waals surface area contributed by atoms with Gasteiger partial charge in [0.15, 0.2) is 6.29 Å². The zero-order chi connectivity index (χ0) is 26.8. The van der Waals surface area contributed by atoms with Gasteiger partial charge in [0.2, 0.25) is 0 Å². The molecule has 0 bridgehead atoms. The minimum Gasteiger partial charge on any atom is -0.463 e. The summed E-state index contributed by atoms with van der Waals surface area (Å²) >= 11 is 0. The molecule has 0 aliphatic carbocycles. The van der Waals surface area contributed by atoms with Crippen LogP contribution < -0.4 is 0 Å². The number of quaternary nitrogens is 1. The van der Waals surface area contributed by atoms with E-state index in [9.17, 15) is 20.1 Å². The van der Waals surface area contributed by atoms with Crippen LogP contribution >= 0.6 is 0 Å². The molecule has 0 spiro atoms. The summed E-state index contributed by atoms with van der Waals surface area (Å²) in [7, 11) is 6.23. The Labute approximate surface area is 219 Å². The van der Waals surface area contributed by atoms with E-state index in [0.29, 0.717) is 13.0 Å². The summed E-state index contributed by atoms with van der Waals surface area (Å²) in [6, 6.07) is 0. The normalized spacial score (nSPS) is 24.7. The van der Waals surface area contributed by atoms with Crippen molar-refractivity contribution >= 4 is 5.97 Å². The Morgan fingerprint density at radius 1 is 0.750 bits per heavy atom. The molecule has 0 aromatic rings. The summed E-state index contributed by atoms with van der Waals surface area (Å²) in [6.07, 6.45) is 11.1. The maximum atomic E-state index is 12.1. The lowest BCUT2D eigenvalue weighted by atomic mass is 9.99. The topological polar surface area (TPSA) is 105 Å². The average Bonchev–Trinajstić information content (AvgIpc) is 2.83. The number of hydrogen-bond acceptors (Lipinski definition) is 7. The van der Waals surface area contributed by atoms with Crippen LogP contribution in [-0.2, 0) is 19.0 Å². The first-order valence-corrected chi connectivity index (χ1v) is 14.4. The van der Waals surface area contributed by atoms with Crippen molar-refractivity contribution in [3.63, 3.8) is 0 Å². The van der Waals surface area contributed by atoms with Gasteiger partial charge in [0.25, 0.3) is 0 Å². The van der Waals surface area contributed by atoms with Crippen molar-refractivity contribution in [3.05, 3.63) is 0 Å². The SMILES string of the molecule is CCCCCCCCCCCCCCCC(=O)OCC1OC(OCCC[N+](C)(C)C)C(O)C(O)C1O. The summed E-state index contributed by atoms with van der Waals surface area (Å²) in [5.74, 6) is -0.338. The summed E-state index contributed by atoms with van der Waals surface area (Å²) in [6.45, 7) is 3.31. The minimum absolute atomic E-state index is 0.180. The molecule has 0 amide bonds. The summed E-state index contributed by atoms with van der Waals surface area (Å²) < 4.78 is 17.3. The van der Waals surface area contributed by atoms with E-state index in [0.717, 1.165) is 36.7 Å². The molecule has 1 rings (SSSR count). The van der Waals surface area contributed by atoms with E-state index in [2.05, 4.69) is 28.1 Å². The Hall–Kier alpha value is -0.770. The number of ether oxygens (including phenoxy) is 3. The number of hydrogen-bond donors (Lipinski definition) is 3. The van der Waals surface area contributed by atoms with Crippen molar-refractivity contribution in [3.8, 4) is 0 Å². The van der Waals surface area contributed by atoms with E-state index < -0.39 is 30.7 Å². The van der Waals surface area contributed by atoms with Crippen LogP contribution in [0.15, 0.2) is 0 Å². The molecule has 36 heavy (non-hydrogen) atoms. The van der Waals surface area contributed by atoms with Crippen molar-refractivity contribution in [1.82, 2.24) is 0 Å². The number of carbonyl (C=O) groups excluding carboxylic acids is 1. The van der Waals surface area contributed by atoms with Crippen molar-refractivity contribution < 1.29 is 38.8 Å². The van der Waals surface area contributed by atoms with E-state index in [4.69, 9.17) is 14.2 Å². The van der Waals surface area contributed by atoms with Crippen molar-refractivity contribution in [2.24, 2.45) is 0 Å². The Bertz CT molecular complexity index is 555. The second kappa shape index (κ2) is 19.3. The maximum absolute atomic E-state index is 12.1. The third-order valence-electron chi connectivity index (χ3n) is 6.82. The lowest BCUT2D eigenvalue weighted by Crippen LogP contribution is -2.59. The molecule has 3 N–H and O–H groups in total. The predicted octanol–water partition coefficient (Wildman–Crippen LogP) is 3.93. The molecule has 1 saturated heterocycles. The van der Waals surface area contributed by atoms with Crippen LogP contribution in [0.3, 0.4) is 0 Å². The van der Waals surface area contributed by atoms with Crippen molar-refractivity contribution in [2.45, 2.75) is 134 Å². The Morgan fingerprint density at radius 3 is 1.81 bits per heavy atom. The lowest BCUT2D eigenvalue weighted by Gasteiger charge is -2.40. The van der Waals surface area contributed by atoms with Gasteiger partial charge in [-0.3, -0.25) is 4.79 Å². The molecule has 1 aliphatic heterocycles. The van der Waals surface area contributed by atoms with Gasteiger partial charge in [-0.15, -0.1) is 0 Å². The van der Waals surface area contributed by atoms with Gasteiger partial charge < -0.3 is 34.0 Å². The van der Waals surface area contributed by atoms with E-state index in [-0.39, 0.29) is 12.6 Å². The number of aliphatic hydroxyl groups is 3. The fourth-order valence-corrected chi connectivity index (χ4v) is 4.46. The number of carbonyl (C=O) groups is 1. The molecule has 0 aromatic heterocycles. The average molecular weight is 519 g/mol. The third kappa shape index (κ3) is 15.5. The number of esters is 1. The molecule has 1 aliphatic rings. The van der Waals surface area contributed by atoms with E-state index in [1.54, 1.807) is 0 Å². The Kier molecular flexibility index (Phi) is 17.8. The fourth-order valence-electron chi connectivity index (χ4n) is 4.46. The molecular weight excluding hydrogens is 462 g/mol. The predicted molar refractivity (Wildman–Crippen MR) is 141 cm³/mol. The first kappa shape index (κ1) is 33.3. The third-order valence-corrected chi connectivity index (χ3v) is 6.82. The van der Waals surface area contributed by atoms with Gasteiger partial charge in [-0.25, -0.2) is 0 Å². The second-order valence-corrected chi connectivity index (χ2v) is 11.4. The summed E-state index contributed by atoms with van der Waals surface area (Å²) in [4.78, 5) is 12.1. The van der Waals surface area contributed by atoms with E-state index >= 15 is 0 Å². The van der Waals surface area contributed by atoms with Gasteiger partial charge in [-0.1, -0.05) is 84.0 Å². The molecule has 8 heteroatoms. The maximum Gasteiger partial charge on any atom is 0.305 e. The van der Waals surface area contributed by atoms with Crippen molar-refractivity contribution in [1.29, 1.82) is 0 Å². The van der Waals surface area contributed by atoms with Crippen LogP contribution in [0.5, 0.6) is 0 Å². The van der Waals surface area contributed by atoms with Crippen LogP contribution in [0, 0.1) is 0 Å². The van der Waals surface area contributed by atoms with Crippen LogP contribution in [0.25, 0.3) is 0 Å². The lowest BCUT2D eigenvalue weighted by molar-refractivity contribution is -0.870. The smallest absolute Gasteiger partial charge is 0.305 e. The van der Waals surface area contributed by atoms with Crippen LogP contribution in [0.1, 0.15) is 103 Å². The number of nitrogens with zero attached hydrogens (tertiary/aromatic N) is 1. The number of rotatable bonds is 21. The molecule has 0 radical (unpaired) electrons. The van der Waals surface area contributed by atoms with E-state index in [1.807, 2.05) is 0 Å². The molecule has 1 heterocycles. The van der Waals surface area contributed by atoms with Crippen LogP contribution in [0.2, 0.25) is 0 Å². The quantitative estimate of drug-likeness (QED) is 0.120. The van der Waals surface area contributed by atoms with Crippen LogP contribution in [0.4, 0.5) is 0 Å². The standard InChI is InChI=1S/C28H56NO7/c1-5-6-7-8-9-10-11-12-13-14-15-16-17-19-24(30)35-22-23-25(31)26(32)27(33)28(36-23)34-21-18-20-29(2,3)4/h23,25-28,31-33H,5-22H2,1-4H3/q+1. The Morgan fingerprint density at radius 2 is 1.28 bits per heavy atom.